The summed E-state index contributed by atoms with van der Waals surface area (Å²) in [7, 11) is 1.59. The predicted molar refractivity (Wildman–Crippen MR) is 116 cm³/mol. The molecule has 0 aliphatic rings. The fourth-order valence-corrected chi connectivity index (χ4v) is 3.70. The van der Waals surface area contributed by atoms with Crippen LogP contribution in [0.4, 0.5) is 0 Å². The third kappa shape index (κ3) is 5.00. The number of thiazole rings is 1. The van der Waals surface area contributed by atoms with Crippen LogP contribution < -0.4 is 15.4 Å². The number of nitrogens with zero attached hydrogens (tertiary/aromatic N) is 3. The Kier molecular flexibility index (Phi) is 6.31. The molecule has 0 radical (unpaired) electrons. The summed E-state index contributed by atoms with van der Waals surface area (Å²) in [6.45, 7) is 1.75. The molecular formula is C21H22N6O2S. The van der Waals surface area contributed by atoms with Crippen LogP contribution >= 0.6 is 11.3 Å². The Labute approximate surface area is 177 Å². The van der Waals surface area contributed by atoms with Gasteiger partial charge < -0.3 is 20.4 Å². The Morgan fingerprint density at radius 2 is 2.07 bits per heavy atom. The van der Waals surface area contributed by atoms with Gasteiger partial charge in [0.15, 0.2) is 0 Å². The third-order valence-electron chi connectivity index (χ3n) is 4.49. The number of amides is 1. The predicted octanol–water partition coefficient (Wildman–Crippen LogP) is 2.69. The number of carbonyl (C=O) groups is 1. The van der Waals surface area contributed by atoms with Crippen molar-refractivity contribution in [1.29, 1.82) is 0 Å². The van der Waals surface area contributed by atoms with Gasteiger partial charge in [0.25, 0.3) is 5.91 Å². The number of H-pyrrole nitrogens is 1. The summed E-state index contributed by atoms with van der Waals surface area (Å²) < 4.78 is 5.08. The van der Waals surface area contributed by atoms with Crippen LogP contribution in [0.5, 0.6) is 5.75 Å². The minimum absolute atomic E-state index is 0.203. The van der Waals surface area contributed by atoms with Crippen LogP contribution in [0.1, 0.15) is 27.0 Å². The minimum Gasteiger partial charge on any atom is -0.495 e. The zero-order valence-corrected chi connectivity index (χ0v) is 17.3. The molecule has 0 aliphatic carbocycles. The van der Waals surface area contributed by atoms with E-state index in [1.807, 2.05) is 36.4 Å². The smallest absolute Gasteiger partial charge is 0.271 e. The highest BCUT2D eigenvalue weighted by molar-refractivity contribution is 7.09. The van der Waals surface area contributed by atoms with Crippen LogP contribution in [0.15, 0.2) is 48.0 Å². The molecule has 0 fully saturated rings. The molecule has 1 amide bonds. The number of aromatic nitrogens is 4. The molecule has 4 rings (SSSR count). The first-order chi connectivity index (χ1) is 14.7. The zero-order valence-electron chi connectivity index (χ0n) is 16.5. The Hall–Kier alpha value is -3.30. The van der Waals surface area contributed by atoms with Crippen LogP contribution in [0.2, 0.25) is 0 Å². The van der Waals surface area contributed by atoms with Gasteiger partial charge in [0, 0.05) is 18.3 Å². The number of hydrogen-bond donors (Lipinski definition) is 3. The number of carbonyl (C=O) groups excluding carboxylic acids is 1. The van der Waals surface area contributed by atoms with Crippen molar-refractivity contribution < 1.29 is 9.53 Å². The summed E-state index contributed by atoms with van der Waals surface area (Å²) >= 11 is 1.49. The lowest BCUT2D eigenvalue weighted by atomic mass is 10.3. The first-order valence-electron chi connectivity index (χ1n) is 9.57. The zero-order chi connectivity index (χ0) is 20.8. The van der Waals surface area contributed by atoms with E-state index in [9.17, 15) is 4.79 Å². The van der Waals surface area contributed by atoms with Gasteiger partial charge in [0.2, 0.25) is 0 Å². The number of rotatable bonds is 9. The van der Waals surface area contributed by atoms with E-state index in [1.54, 1.807) is 18.7 Å². The molecule has 30 heavy (non-hydrogen) atoms. The second-order valence-corrected chi connectivity index (χ2v) is 7.57. The monoisotopic (exact) mass is 422 g/mol. The number of ether oxygens (including phenoxy) is 1. The largest absolute Gasteiger partial charge is 0.495 e. The summed E-state index contributed by atoms with van der Waals surface area (Å²) in [4.78, 5) is 28.8. The Bertz CT molecular complexity index is 1090. The Balaban J connectivity index is 1.21. The normalized spacial score (nSPS) is 11.0. The lowest BCUT2D eigenvalue weighted by molar-refractivity contribution is 0.0946. The van der Waals surface area contributed by atoms with Gasteiger partial charge in [0.1, 0.15) is 17.3 Å². The van der Waals surface area contributed by atoms with E-state index < -0.39 is 0 Å². The fraction of sp³-hybridized carbons (Fsp3) is 0.238. The highest BCUT2D eigenvalue weighted by Gasteiger charge is 2.11. The van der Waals surface area contributed by atoms with Gasteiger partial charge in [-0.1, -0.05) is 12.1 Å². The van der Waals surface area contributed by atoms with E-state index >= 15 is 0 Å². The standard InChI is InChI=1S/C21H22N6O2S/c1-29-15-7-6-14(23-11-15)10-24-21(28)18-13-30-20(27-18)8-9-22-12-19-25-16-4-2-3-5-17(16)26-19/h2-7,11,13,22H,8-10,12H2,1H3,(H,24,28)(H,25,26). The number of methoxy groups -OCH3 is 1. The van der Waals surface area contributed by atoms with Crippen LogP contribution in [-0.4, -0.2) is 39.5 Å². The number of fused-ring (bicyclic) bond motifs is 1. The molecule has 3 aromatic heterocycles. The van der Waals surface area contributed by atoms with Crippen molar-refractivity contribution in [3.05, 3.63) is 70.2 Å². The fourth-order valence-electron chi connectivity index (χ4n) is 2.92. The van der Waals surface area contributed by atoms with Crippen LogP contribution in [-0.2, 0) is 19.5 Å². The molecule has 9 heteroatoms. The maximum atomic E-state index is 12.3. The van der Waals surface area contributed by atoms with Gasteiger partial charge in [-0.05, 0) is 24.3 Å². The molecule has 3 heterocycles. The van der Waals surface area contributed by atoms with Crippen molar-refractivity contribution in [3.63, 3.8) is 0 Å². The Morgan fingerprint density at radius 3 is 2.87 bits per heavy atom. The second kappa shape index (κ2) is 9.47. The average Bonchev–Trinajstić information content (AvgIpc) is 3.42. The molecule has 3 N–H and O–H groups in total. The first kappa shape index (κ1) is 20.0. The number of nitrogens with one attached hydrogen (secondary N) is 3. The number of para-hydroxylation sites is 2. The van der Waals surface area contributed by atoms with Crippen LogP contribution in [0, 0.1) is 0 Å². The van der Waals surface area contributed by atoms with E-state index in [4.69, 9.17) is 4.74 Å². The second-order valence-electron chi connectivity index (χ2n) is 6.63. The first-order valence-corrected chi connectivity index (χ1v) is 10.4. The number of imidazole rings is 1. The third-order valence-corrected chi connectivity index (χ3v) is 5.40. The number of benzene rings is 1. The maximum Gasteiger partial charge on any atom is 0.271 e. The Morgan fingerprint density at radius 1 is 1.17 bits per heavy atom. The van der Waals surface area contributed by atoms with Crippen LogP contribution in [0.3, 0.4) is 0 Å². The summed E-state index contributed by atoms with van der Waals surface area (Å²) in [5, 5.41) is 8.90. The number of hydrogen-bond acceptors (Lipinski definition) is 7. The lowest BCUT2D eigenvalue weighted by Crippen LogP contribution is -2.23. The number of aromatic amines is 1. The molecule has 4 aromatic rings. The lowest BCUT2D eigenvalue weighted by Gasteiger charge is -2.04. The molecule has 0 aliphatic heterocycles. The van der Waals surface area contributed by atoms with E-state index in [0.717, 1.165) is 40.5 Å². The summed E-state index contributed by atoms with van der Waals surface area (Å²) in [6.07, 6.45) is 2.37. The van der Waals surface area contributed by atoms with Crippen molar-refractivity contribution >= 4 is 28.3 Å². The molecule has 0 saturated heterocycles. The van der Waals surface area contributed by atoms with Crippen molar-refractivity contribution in [3.8, 4) is 5.75 Å². The van der Waals surface area contributed by atoms with Crippen LogP contribution in [0.25, 0.3) is 11.0 Å². The van der Waals surface area contributed by atoms with Gasteiger partial charge >= 0.3 is 0 Å². The highest BCUT2D eigenvalue weighted by atomic mass is 32.1. The molecule has 0 saturated carbocycles. The summed E-state index contributed by atoms with van der Waals surface area (Å²) in [5.74, 6) is 1.39. The minimum atomic E-state index is -0.203. The van der Waals surface area contributed by atoms with Crippen molar-refractivity contribution in [1.82, 2.24) is 30.6 Å². The summed E-state index contributed by atoms with van der Waals surface area (Å²) in [6, 6.07) is 11.6. The van der Waals surface area contributed by atoms with E-state index in [-0.39, 0.29) is 5.91 Å². The summed E-state index contributed by atoms with van der Waals surface area (Å²) in [5.41, 5.74) is 3.19. The molecule has 0 atom stereocenters. The quantitative estimate of drug-likeness (QED) is 0.358. The van der Waals surface area contributed by atoms with E-state index in [1.165, 1.54) is 11.3 Å². The van der Waals surface area contributed by atoms with Gasteiger partial charge in [-0.3, -0.25) is 9.78 Å². The van der Waals surface area contributed by atoms with Gasteiger partial charge in [-0.15, -0.1) is 11.3 Å². The van der Waals surface area contributed by atoms with Gasteiger partial charge in [-0.25, -0.2) is 9.97 Å². The number of pyridine rings is 1. The van der Waals surface area contributed by atoms with Crippen molar-refractivity contribution in [2.45, 2.75) is 19.5 Å². The average molecular weight is 423 g/mol. The van der Waals surface area contributed by atoms with E-state index in [0.29, 0.717) is 24.5 Å². The van der Waals surface area contributed by atoms with Gasteiger partial charge in [-0.2, -0.15) is 0 Å². The van der Waals surface area contributed by atoms with Gasteiger partial charge in [0.05, 0.1) is 48.1 Å². The van der Waals surface area contributed by atoms with E-state index in [2.05, 4.69) is 30.6 Å². The SMILES string of the molecule is COc1ccc(CNC(=O)c2csc(CCNCc3nc4ccccc4[nH]3)n2)nc1. The molecule has 0 bridgehead atoms. The topological polar surface area (TPSA) is 105 Å². The molecule has 8 nitrogen and oxygen atoms in total. The maximum absolute atomic E-state index is 12.3. The van der Waals surface area contributed by atoms with Crippen molar-refractivity contribution in [2.24, 2.45) is 0 Å². The molecule has 0 spiro atoms. The molecule has 1 aromatic carbocycles. The molecule has 0 unspecified atom stereocenters. The highest BCUT2D eigenvalue weighted by Crippen LogP contribution is 2.12. The van der Waals surface area contributed by atoms with Crippen molar-refractivity contribution in [2.75, 3.05) is 13.7 Å². The molecular weight excluding hydrogens is 400 g/mol. The molecule has 154 valence electrons.